The van der Waals surface area contributed by atoms with Crippen LogP contribution in [0.15, 0.2) is 28.9 Å². The van der Waals surface area contributed by atoms with E-state index in [0.717, 1.165) is 36.7 Å². The minimum atomic E-state index is 0.292. The molecule has 0 amide bonds. The Morgan fingerprint density at radius 2 is 2.26 bits per heavy atom. The zero-order chi connectivity index (χ0) is 13.7. The van der Waals surface area contributed by atoms with Crippen LogP contribution in [-0.4, -0.2) is 16.0 Å². The first kappa shape index (κ1) is 13.9. The average Bonchev–Trinajstić information content (AvgIpc) is 2.88. The van der Waals surface area contributed by atoms with Crippen molar-refractivity contribution in [1.82, 2.24) is 9.97 Å². The maximum absolute atomic E-state index is 5.96. The van der Waals surface area contributed by atoms with Gasteiger partial charge >= 0.3 is 0 Å². The van der Waals surface area contributed by atoms with Gasteiger partial charge in [0, 0.05) is 24.9 Å². The van der Waals surface area contributed by atoms with Crippen molar-refractivity contribution in [3.05, 3.63) is 41.2 Å². The molecular formula is C14H18ClN3O. The number of aromatic nitrogens is 2. The van der Waals surface area contributed by atoms with Gasteiger partial charge in [0.1, 0.15) is 22.6 Å². The van der Waals surface area contributed by atoms with E-state index in [9.17, 15) is 0 Å². The Morgan fingerprint density at radius 3 is 2.95 bits per heavy atom. The fourth-order valence-corrected chi connectivity index (χ4v) is 2.04. The third kappa shape index (κ3) is 4.24. The van der Waals surface area contributed by atoms with Gasteiger partial charge in [-0.15, -0.1) is 0 Å². The predicted molar refractivity (Wildman–Crippen MR) is 76.5 cm³/mol. The summed E-state index contributed by atoms with van der Waals surface area (Å²) in [5, 5.41) is 3.82. The van der Waals surface area contributed by atoms with Crippen molar-refractivity contribution in [2.24, 2.45) is 0 Å². The molecule has 0 saturated heterocycles. The fraction of sp³-hybridized carbons (Fsp3) is 0.429. The van der Waals surface area contributed by atoms with Crippen molar-refractivity contribution in [2.75, 3.05) is 5.32 Å². The molecule has 0 aliphatic heterocycles. The molecule has 0 spiro atoms. The number of furan rings is 1. The van der Waals surface area contributed by atoms with E-state index in [4.69, 9.17) is 16.0 Å². The molecule has 5 heteroatoms. The standard InChI is InChI=1S/C14H18ClN3O/c1-3-13-17-12(15)9-14(18-13)16-10(2)6-7-11-5-4-8-19-11/h4-5,8-10H,3,6-7H2,1-2H3,(H,16,17,18). The van der Waals surface area contributed by atoms with Crippen molar-refractivity contribution in [3.8, 4) is 0 Å². The van der Waals surface area contributed by atoms with Crippen molar-refractivity contribution >= 4 is 17.4 Å². The first-order valence-corrected chi connectivity index (χ1v) is 6.87. The van der Waals surface area contributed by atoms with E-state index in [1.165, 1.54) is 0 Å². The Labute approximate surface area is 118 Å². The van der Waals surface area contributed by atoms with Crippen LogP contribution in [-0.2, 0) is 12.8 Å². The smallest absolute Gasteiger partial charge is 0.134 e. The van der Waals surface area contributed by atoms with Gasteiger partial charge in [-0.2, -0.15) is 0 Å². The van der Waals surface area contributed by atoms with Gasteiger partial charge in [0.15, 0.2) is 0 Å². The monoisotopic (exact) mass is 279 g/mol. The lowest BCUT2D eigenvalue weighted by Crippen LogP contribution is -2.17. The molecule has 102 valence electrons. The van der Waals surface area contributed by atoms with Gasteiger partial charge < -0.3 is 9.73 Å². The molecule has 2 rings (SSSR count). The van der Waals surface area contributed by atoms with E-state index in [-0.39, 0.29) is 0 Å². The molecular weight excluding hydrogens is 262 g/mol. The fourth-order valence-electron chi connectivity index (χ4n) is 1.83. The van der Waals surface area contributed by atoms with E-state index in [1.54, 1.807) is 12.3 Å². The lowest BCUT2D eigenvalue weighted by atomic mass is 10.1. The van der Waals surface area contributed by atoms with Gasteiger partial charge in [-0.25, -0.2) is 9.97 Å². The molecule has 0 bridgehead atoms. The Kier molecular flexibility index (Phi) is 4.80. The quantitative estimate of drug-likeness (QED) is 0.819. The lowest BCUT2D eigenvalue weighted by molar-refractivity contribution is 0.495. The molecule has 2 aromatic rings. The number of hydrogen-bond donors (Lipinski definition) is 1. The number of hydrogen-bond acceptors (Lipinski definition) is 4. The molecule has 2 heterocycles. The SMILES string of the molecule is CCc1nc(Cl)cc(NC(C)CCc2ccco2)n1. The van der Waals surface area contributed by atoms with Crippen LogP contribution >= 0.6 is 11.6 Å². The number of rotatable bonds is 6. The summed E-state index contributed by atoms with van der Waals surface area (Å²) in [6, 6.07) is 5.94. The Hall–Kier alpha value is -1.55. The van der Waals surface area contributed by atoms with Gasteiger partial charge in [-0.05, 0) is 25.5 Å². The largest absolute Gasteiger partial charge is 0.469 e. The molecule has 2 aromatic heterocycles. The van der Waals surface area contributed by atoms with Crippen LogP contribution in [0.25, 0.3) is 0 Å². The second-order valence-electron chi connectivity index (χ2n) is 4.51. The highest BCUT2D eigenvalue weighted by Crippen LogP contribution is 2.14. The molecule has 0 aliphatic rings. The van der Waals surface area contributed by atoms with Gasteiger partial charge in [0.05, 0.1) is 6.26 Å². The summed E-state index contributed by atoms with van der Waals surface area (Å²) in [5.74, 6) is 2.54. The number of nitrogens with one attached hydrogen (secondary N) is 1. The Balaban J connectivity index is 1.91. The highest BCUT2D eigenvalue weighted by molar-refractivity contribution is 6.29. The Morgan fingerprint density at radius 1 is 1.42 bits per heavy atom. The average molecular weight is 280 g/mol. The summed E-state index contributed by atoms with van der Waals surface area (Å²) in [5.41, 5.74) is 0. The van der Waals surface area contributed by atoms with Crippen molar-refractivity contribution in [3.63, 3.8) is 0 Å². The van der Waals surface area contributed by atoms with Crippen LogP contribution in [0.3, 0.4) is 0 Å². The molecule has 0 radical (unpaired) electrons. The number of anilines is 1. The van der Waals surface area contributed by atoms with E-state index in [1.807, 2.05) is 19.1 Å². The summed E-state index contributed by atoms with van der Waals surface area (Å²) in [4.78, 5) is 8.55. The topological polar surface area (TPSA) is 51.0 Å². The summed E-state index contributed by atoms with van der Waals surface area (Å²) >= 11 is 5.96. The highest BCUT2D eigenvalue weighted by atomic mass is 35.5. The minimum absolute atomic E-state index is 0.292. The molecule has 19 heavy (non-hydrogen) atoms. The van der Waals surface area contributed by atoms with E-state index in [0.29, 0.717) is 11.2 Å². The van der Waals surface area contributed by atoms with Crippen LogP contribution in [0.4, 0.5) is 5.82 Å². The van der Waals surface area contributed by atoms with Crippen LogP contribution in [0.1, 0.15) is 31.9 Å². The molecule has 0 fully saturated rings. The van der Waals surface area contributed by atoms with Gasteiger partial charge in [0.25, 0.3) is 0 Å². The molecule has 1 atom stereocenters. The zero-order valence-electron chi connectivity index (χ0n) is 11.2. The molecule has 1 N–H and O–H groups in total. The summed E-state index contributed by atoms with van der Waals surface area (Å²) < 4.78 is 5.32. The summed E-state index contributed by atoms with van der Waals surface area (Å²) in [6.07, 6.45) is 4.35. The highest BCUT2D eigenvalue weighted by Gasteiger charge is 2.07. The number of halogens is 1. The molecule has 1 unspecified atom stereocenters. The summed E-state index contributed by atoms with van der Waals surface area (Å²) in [6.45, 7) is 4.13. The van der Waals surface area contributed by atoms with Crippen LogP contribution in [0, 0.1) is 0 Å². The molecule has 4 nitrogen and oxygen atoms in total. The maximum atomic E-state index is 5.96. The van der Waals surface area contributed by atoms with E-state index < -0.39 is 0 Å². The van der Waals surface area contributed by atoms with Crippen molar-refractivity contribution < 1.29 is 4.42 Å². The first-order chi connectivity index (χ1) is 9.17. The zero-order valence-corrected chi connectivity index (χ0v) is 11.9. The third-order valence-corrected chi connectivity index (χ3v) is 3.05. The lowest BCUT2D eigenvalue weighted by Gasteiger charge is -2.14. The van der Waals surface area contributed by atoms with Gasteiger partial charge in [-0.1, -0.05) is 18.5 Å². The van der Waals surface area contributed by atoms with Crippen LogP contribution < -0.4 is 5.32 Å². The van der Waals surface area contributed by atoms with Crippen molar-refractivity contribution in [1.29, 1.82) is 0 Å². The minimum Gasteiger partial charge on any atom is -0.469 e. The van der Waals surface area contributed by atoms with E-state index in [2.05, 4.69) is 22.2 Å². The van der Waals surface area contributed by atoms with E-state index >= 15 is 0 Å². The maximum Gasteiger partial charge on any atom is 0.134 e. The first-order valence-electron chi connectivity index (χ1n) is 6.49. The third-order valence-electron chi connectivity index (χ3n) is 2.86. The Bertz CT molecular complexity index is 513. The van der Waals surface area contributed by atoms with Gasteiger partial charge in [0.2, 0.25) is 0 Å². The van der Waals surface area contributed by atoms with Gasteiger partial charge in [-0.3, -0.25) is 0 Å². The molecule has 0 saturated carbocycles. The summed E-state index contributed by atoms with van der Waals surface area (Å²) in [7, 11) is 0. The number of nitrogens with zero attached hydrogens (tertiary/aromatic N) is 2. The second-order valence-corrected chi connectivity index (χ2v) is 4.90. The second kappa shape index (κ2) is 6.57. The van der Waals surface area contributed by atoms with Crippen LogP contribution in [0.2, 0.25) is 5.15 Å². The normalized spacial score (nSPS) is 12.4. The number of aryl methyl sites for hydroxylation is 2. The van der Waals surface area contributed by atoms with Crippen LogP contribution in [0.5, 0.6) is 0 Å². The molecule has 0 aliphatic carbocycles. The predicted octanol–water partition coefficient (Wildman–Crippen LogP) is 3.72. The van der Waals surface area contributed by atoms with Crippen molar-refractivity contribution in [2.45, 2.75) is 39.2 Å². The molecule has 0 aromatic carbocycles.